The van der Waals surface area contributed by atoms with E-state index < -0.39 is 14.9 Å². The van der Waals surface area contributed by atoms with Crippen LogP contribution < -0.4 is 9.46 Å². The van der Waals surface area contributed by atoms with E-state index in [0.29, 0.717) is 6.42 Å². The molecule has 0 aromatic heterocycles. The molecule has 0 saturated carbocycles. The molecular formula is C18H20N2O5S. The zero-order valence-electron chi connectivity index (χ0n) is 14.3. The third kappa shape index (κ3) is 5.68. The van der Waals surface area contributed by atoms with Crippen molar-refractivity contribution >= 4 is 21.8 Å². The van der Waals surface area contributed by atoms with Crippen LogP contribution in [0.3, 0.4) is 0 Å². The summed E-state index contributed by atoms with van der Waals surface area (Å²) in [5, 5.41) is 10.6. The SMILES string of the molecule is COc1ccc(/C=C/CCCNS(=O)(=O)c2ccc([N+](=O)[O-])cc2)cc1. The molecule has 0 aliphatic rings. The monoisotopic (exact) mass is 376 g/mol. The smallest absolute Gasteiger partial charge is 0.269 e. The zero-order valence-corrected chi connectivity index (χ0v) is 15.1. The summed E-state index contributed by atoms with van der Waals surface area (Å²) in [6.45, 7) is 0.284. The van der Waals surface area contributed by atoms with E-state index in [0.717, 1.165) is 17.7 Å². The van der Waals surface area contributed by atoms with Gasteiger partial charge in [-0.3, -0.25) is 10.1 Å². The lowest BCUT2D eigenvalue weighted by Crippen LogP contribution is -2.24. The van der Waals surface area contributed by atoms with Gasteiger partial charge in [0.25, 0.3) is 5.69 Å². The number of nitro groups is 1. The highest BCUT2D eigenvalue weighted by Crippen LogP contribution is 2.16. The zero-order chi connectivity index (χ0) is 19.0. The Morgan fingerprint density at radius 3 is 2.35 bits per heavy atom. The molecular weight excluding hydrogens is 356 g/mol. The standard InChI is InChI=1S/C18H20N2O5S/c1-25-17-10-6-15(7-11-17)5-3-2-4-14-19-26(23,24)18-12-8-16(9-13-18)20(21)22/h3,5-13,19H,2,4,14H2,1H3/b5-3+. The Balaban J connectivity index is 1.79. The van der Waals surface area contributed by atoms with Gasteiger partial charge in [-0.05, 0) is 42.7 Å². The summed E-state index contributed by atoms with van der Waals surface area (Å²) >= 11 is 0. The van der Waals surface area contributed by atoms with E-state index in [4.69, 9.17) is 4.74 Å². The van der Waals surface area contributed by atoms with Gasteiger partial charge in [0.15, 0.2) is 0 Å². The fraction of sp³-hybridized carbons (Fsp3) is 0.222. The molecule has 7 nitrogen and oxygen atoms in total. The van der Waals surface area contributed by atoms with Gasteiger partial charge in [0.1, 0.15) is 5.75 Å². The average molecular weight is 376 g/mol. The third-order valence-corrected chi connectivity index (χ3v) is 5.10. The molecule has 2 aromatic carbocycles. The second-order valence-corrected chi connectivity index (χ2v) is 7.23. The number of rotatable bonds is 9. The van der Waals surface area contributed by atoms with Crippen LogP contribution >= 0.6 is 0 Å². The number of allylic oxidation sites excluding steroid dienone is 1. The average Bonchev–Trinajstić information content (AvgIpc) is 2.65. The number of nitrogens with one attached hydrogen (secondary N) is 1. The predicted octanol–water partition coefficient (Wildman–Crippen LogP) is 3.38. The van der Waals surface area contributed by atoms with Gasteiger partial charge in [-0.1, -0.05) is 24.3 Å². The van der Waals surface area contributed by atoms with E-state index >= 15 is 0 Å². The van der Waals surface area contributed by atoms with Crippen molar-refractivity contribution in [1.82, 2.24) is 4.72 Å². The van der Waals surface area contributed by atoms with Crippen molar-refractivity contribution in [3.63, 3.8) is 0 Å². The Labute approximate surface area is 152 Å². The molecule has 26 heavy (non-hydrogen) atoms. The Morgan fingerprint density at radius 2 is 1.77 bits per heavy atom. The van der Waals surface area contributed by atoms with Crippen LogP contribution in [0.2, 0.25) is 0 Å². The first-order valence-electron chi connectivity index (χ1n) is 7.97. The largest absolute Gasteiger partial charge is 0.497 e. The number of sulfonamides is 1. The number of benzene rings is 2. The molecule has 0 saturated heterocycles. The summed E-state index contributed by atoms with van der Waals surface area (Å²) in [6.07, 6.45) is 5.29. The second kappa shape index (κ2) is 9.12. The first-order valence-corrected chi connectivity index (χ1v) is 9.45. The summed E-state index contributed by atoms with van der Waals surface area (Å²) in [5.74, 6) is 0.794. The Bertz CT molecular complexity index is 859. The molecule has 0 radical (unpaired) electrons. The maximum absolute atomic E-state index is 12.1. The number of hydrogen-bond donors (Lipinski definition) is 1. The first-order chi connectivity index (χ1) is 12.4. The maximum Gasteiger partial charge on any atom is 0.269 e. The Morgan fingerprint density at radius 1 is 1.12 bits per heavy atom. The van der Waals surface area contributed by atoms with Crippen LogP contribution in [0, 0.1) is 10.1 Å². The minimum Gasteiger partial charge on any atom is -0.497 e. The van der Waals surface area contributed by atoms with Crippen LogP contribution in [0.5, 0.6) is 5.75 Å². The molecule has 0 heterocycles. The number of unbranched alkanes of at least 4 members (excludes halogenated alkanes) is 1. The van der Waals surface area contributed by atoms with E-state index in [2.05, 4.69) is 4.72 Å². The number of nitrogens with zero attached hydrogens (tertiary/aromatic N) is 1. The van der Waals surface area contributed by atoms with E-state index in [1.807, 2.05) is 36.4 Å². The number of nitro benzene ring substituents is 1. The van der Waals surface area contributed by atoms with Gasteiger partial charge in [0.05, 0.1) is 16.9 Å². The summed E-state index contributed by atoms with van der Waals surface area (Å²) in [7, 11) is -2.05. The molecule has 2 aromatic rings. The highest BCUT2D eigenvalue weighted by Gasteiger charge is 2.14. The van der Waals surface area contributed by atoms with E-state index in [9.17, 15) is 18.5 Å². The van der Waals surface area contributed by atoms with Crippen molar-refractivity contribution in [2.75, 3.05) is 13.7 Å². The van der Waals surface area contributed by atoms with Gasteiger partial charge in [-0.25, -0.2) is 13.1 Å². The Hall–Kier alpha value is -2.71. The number of hydrogen-bond acceptors (Lipinski definition) is 5. The number of non-ortho nitro benzene ring substituents is 1. The molecule has 0 aliphatic heterocycles. The van der Waals surface area contributed by atoms with Gasteiger partial charge in [0, 0.05) is 18.7 Å². The fourth-order valence-corrected chi connectivity index (χ4v) is 3.27. The highest BCUT2D eigenvalue weighted by molar-refractivity contribution is 7.89. The molecule has 8 heteroatoms. The minimum atomic E-state index is -3.66. The normalized spacial score (nSPS) is 11.6. The van der Waals surface area contributed by atoms with E-state index in [1.165, 1.54) is 24.3 Å². The topological polar surface area (TPSA) is 98.5 Å². The molecule has 0 aliphatic carbocycles. The van der Waals surface area contributed by atoms with Crippen molar-refractivity contribution in [2.24, 2.45) is 0 Å². The van der Waals surface area contributed by atoms with Gasteiger partial charge in [0.2, 0.25) is 10.0 Å². The van der Waals surface area contributed by atoms with Crippen molar-refractivity contribution < 1.29 is 18.1 Å². The fourth-order valence-electron chi connectivity index (χ4n) is 2.19. The van der Waals surface area contributed by atoms with E-state index in [-0.39, 0.29) is 17.1 Å². The lowest BCUT2D eigenvalue weighted by Gasteiger charge is -2.05. The second-order valence-electron chi connectivity index (χ2n) is 5.47. The first kappa shape index (κ1) is 19.6. The van der Waals surface area contributed by atoms with Crippen molar-refractivity contribution in [3.05, 3.63) is 70.3 Å². The molecule has 0 fully saturated rings. The quantitative estimate of drug-likeness (QED) is 0.411. The van der Waals surface area contributed by atoms with Gasteiger partial charge in [-0.2, -0.15) is 0 Å². The van der Waals surface area contributed by atoms with Crippen LogP contribution in [-0.4, -0.2) is 27.0 Å². The van der Waals surface area contributed by atoms with Crippen molar-refractivity contribution in [1.29, 1.82) is 0 Å². The molecule has 138 valence electrons. The summed E-state index contributed by atoms with van der Waals surface area (Å²) < 4.78 is 31.8. The molecule has 0 spiro atoms. The van der Waals surface area contributed by atoms with Crippen molar-refractivity contribution in [2.45, 2.75) is 17.7 Å². The molecule has 2 rings (SSSR count). The van der Waals surface area contributed by atoms with Gasteiger partial charge >= 0.3 is 0 Å². The van der Waals surface area contributed by atoms with Gasteiger partial charge < -0.3 is 4.74 Å². The predicted molar refractivity (Wildman–Crippen MR) is 99.5 cm³/mol. The third-order valence-electron chi connectivity index (χ3n) is 3.62. The molecule has 0 atom stereocenters. The van der Waals surface area contributed by atoms with Crippen LogP contribution in [-0.2, 0) is 10.0 Å². The van der Waals surface area contributed by atoms with Gasteiger partial charge in [-0.15, -0.1) is 0 Å². The van der Waals surface area contributed by atoms with Crippen LogP contribution in [0.25, 0.3) is 6.08 Å². The summed E-state index contributed by atoms with van der Waals surface area (Å²) in [6, 6.07) is 12.4. The van der Waals surface area contributed by atoms with Crippen LogP contribution in [0.1, 0.15) is 18.4 Å². The lowest BCUT2D eigenvalue weighted by molar-refractivity contribution is -0.384. The molecule has 0 amide bonds. The minimum absolute atomic E-state index is 0.0110. The van der Waals surface area contributed by atoms with Crippen LogP contribution in [0.15, 0.2) is 59.5 Å². The molecule has 1 N–H and O–H groups in total. The van der Waals surface area contributed by atoms with Crippen molar-refractivity contribution in [3.8, 4) is 5.75 Å². The Kier molecular flexibility index (Phi) is 6.88. The molecule has 0 bridgehead atoms. The summed E-state index contributed by atoms with van der Waals surface area (Å²) in [5.41, 5.74) is 0.893. The van der Waals surface area contributed by atoms with Crippen LogP contribution in [0.4, 0.5) is 5.69 Å². The number of methoxy groups -OCH3 is 1. The highest BCUT2D eigenvalue weighted by atomic mass is 32.2. The number of ether oxygens (including phenoxy) is 1. The summed E-state index contributed by atoms with van der Waals surface area (Å²) in [4.78, 5) is 10.0. The lowest BCUT2D eigenvalue weighted by atomic mass is 10.2. The molecule has 0 unspecified atom stereocenters. The van der Waals surface area contributed by atoms with E-state index in [1.54, 1.807) is 7.11 Å². The maximum atomic E-state index is 12.1.